The smallest absolute Gasteiger partial charge is 0.392 e. The molecule has 0 unspecified atom stereocenters. The second-order valence-electron chi connectivity index (χ2n) is 4.08. The number of hydrogen-bond donors (Lipinski definition) is 1. The summed E-state index contributed by atoms with van der Waals surface area (Å²) in [4.78, 5) is -0.524. The van der Waals surface area contributed by atoms with Gasteiger partial charge in [0.2, 0.25) is 10.0 Å². The Hall–Kier alpha value is -0.540. The molecule has 120 valence electrons. The van der Waals surface area contributed by atoms with Crippen LogP contribution in [0.1, 0.15) is 12.5 Å². The van der Waals surface area contributed by atoms with E-state index in [1.165, 1.54) is 6.92 Å². The zero-order valence-electron chi connectivity index (χ0n) is 10.8. The monoisotopic (exact) mass is 365 g/mol. The molecule has 1 aromatic rings. The molecule has 10 heteroatoms. The summed E-state index contributed by atoms with van der Waals surface area (Å²) in [5.74, 6) is 0. The number of aliphatic hydroxyl groups is 1. The molecule has 0 atom stereocenters. The highest BCUT2D eigenvalue weighted by atomic mass is 35.5. The first-order chi connectivity index (χ1) is 9.52. The second kappa shape index (κ2) is 6.70. The molecule has 0 aliphatic heterocycles. The van der Waals surface area contributed by atoms with E-state index >= 15 is 0 Å². The number of alkyl halides is 3. The number of rotatable bonds is 5. The summed E-state index contributed by atoms with van der Waals surface area (Å²) in [6.45, 7) is -1.29. The third-order valence-corrected chi connectivity index (χ3v) is 5.33. The Kier molecular flexibility index (Phi) is 5.91. The van der Waals surface area contributed by atoms with Gasteiger partial charge in [-0.1, -0.05) is 30.1 Å². The van der Waals surface area contributed by atoms with Crippen LogP contribution in [0.4, 0.5) is 13.2 Å². The van der Waals surface area contributed by atoms with Gasteiger partial charge < -0.3 is 5.11 Å². The SMILES string of the molecule is CCN(CC(F)(F)F)S(=O)(=O)c1cc(CO)c(Cl)cc1Cl. The molecule has 0 spiro atoms. The summed E-state index contributed by atoms with van der Waals surface area (Å²) in [6.07, 6.45) is -4.68. The maximum Gasteiger partial charge on any atom is 0.402 e. The Labute approximate surface area is 130 Å². The van der Waals surface area contributed by atoms with Crippen LogP contribution in [-0.2, 0) is 16.6 Å². The molecule has 0 heterocycles. The average molecular weight is 366 g/mol. The molecule has 1 aromatic carbocycles. The minimum absolute atomic E-state index is 0.0281. The molecular formula is C11H12Cl2F3NO3S. The number of aliphatic hydroxyl groups excluding tert-OH is 1. The predicted octanol–water partition coefficient (Wildman–Crippen LogP) is 3.06. The van der Waals surface area contributed by atoms with Crippen molar-refractivity contribution in [2.75, 3.05) is 13.1 Å². The molecule has 0 bridgehead atoms. The molecule has 0 saturated carbocycles. The summed E-state index contributed by atoms with van der Waals surface area (Å²) in [5, 5.41) is 8.79. The Balaban J connectivity index is 3.35. The molecule has 0 saturated heterocycles. The van der Waals surface area contributed by atoms with Gasteiger partial charge in [0.05, 0.1) is 11.6 Å². The van der Waals surface area contributed by atoms with Gasteiger partial charge in [-0.15, -0.1) is 0 Å². The normalized spacial score (nSPS) is 13.0. The van der Waals surface area contributed by atoms with Crippen LogP contribution < -0.4 is 0 Å². The predicted molar refractivity (Wildman–Crippen MR) is 72.9 cm³/mol. The summed E-state index contributed by atoms with van der Waals surface area (Å²) in [7, 11) is -4.45. The third-order valence-electron chi connectivity index (χ3n) is 2.60. The molecule has 4 nitrogen and oxygen atoms in total. The van der Waals surface area contributed by atoms with Crippen molar-refractivity contribution in [1.29, 1.82) is 0 Å². The first-order valence-electron chi connectivity index (χ1n) is 5.68. The highest BCUT2D eigenvalue weighted by Crippen LogP contribution is 2.31. The fourth-order valence-electron chi connectivity index (χ4n) is 1.60. The van der Waals surface area contributed by atoms with Crippen LogP contribution in [0, 0.1) is 0 Å². The Morgan fingerprint density at radius 2 is 1.81 bits per heavy atom. The van der Waals surface area contributed by atoms with Crippen LogP contribution in [0.2, 0.25) is 10.0 Å². The molecule has 0 radical (unpaired) electrons. The van der Waals surface area contributed by atoms with Crippen molar-refractivity contribution in [3.63, 3.8) is 0 Å². The lowest BCUT2D eigenvalue weighted by atomic mass is 10.2. The molecule has 1 rings (SSSR count). The van der Waals surface area contributed by atoms with Crippen LogP contribution in [0.25, 0.3) is 0 Å². The molecule has 0 fully saturated rings. The third kappa shape index (κ3) is 4.46. The van der Waals surface area contributed by atoms with Gasteiger partial charge in [-0.25, -0.2) is 8.42 Å². The first kappa shape index (κ1) is 18.5. The van der Waals surface area contributed by atoms with Crippen molar-refractivity contribution in [2.24, 2.45) is 0 Å². The lowest BCUT2D eigenvalue weighted by Crippen LogP contribution is -2.38. The minimum Gasteiger partial charge on any atom is -0.392 e. The van der Waals surface area contributed by atoms with Crippen LogP contribution in [0.3, 0.4) is 0 Å². The first-order valence-corrected chi connectivity index (χ1v) is 7.88. The molecule has 0 aliphatic rings. The molecule has 0 amide bonds. The lowest BCUT2D eigenvalue weighted by Gasteiger charge is -2.22. The number of hydrogen-bond acceptors (Lipinski definition) is 3. The van der Waals surface area contributed by atoms with E-state index in [4.69, 9.17) is 28.3 Å². The number of halogens is 5. The highest BCUT2D eigenvalue weighted by molar-refractivity contribution is 7.89. The quantitative estimate of drug-likeness (QED) is 0.872. The van der Waals surface area contributed by atoms with Crippen molar-refractivity contribution in [2.45, 2.75) is 24.6 Å². The fourth-order valence-corrected chi connectivity index (χ4v) is 3.86. The van der Waals surface area contributed by atoms with E-state index in [0.717, 1.165) is 12.1 Å². The second-order valence-corrected chi connectivity index (χ2v) is 6.80. The van der Waals surface area contributed by atoms with Gasteiger partial charge in [0, 0.05) is 11.6 Å². The van der Waals surface area contributed by atoms with Crippen LogP contribution in [-0.4, -0.2) is 37.1 Å². The summed E-state index contributed by atoms with van der Waals surface area (Å²) in [6, 6.07) is 2.04. The van der Waals surface area contributed by atoms with Gasteiger partial charge >= 0.3 is 6.18 Å². The van der Waals surface area contributed by atoms with E-state index < -0.39 is 34.2 Å². The van der Waals surface area contributed by atoms with E-state index in [1.54, 1.807) is 0 Å². The maximum atomic E-state index is 12.4. The molecule has 1 N–H and O–H groups in total. The topological polar surface area (TPSA) is 57.6 Å². The van der Waals surface area contributed by atoms with Crippen molar-refractivity contribution in [3.05, 3.63) is 27.7 Å². The van der Waals surface area contributed by atoms with Crippen LogP contribution in [0.15, 0.2) is 17.0 Å². The summed E-state index contributed by atoms with van der Waals surface area (Å²) >= 11 is 11.5. The van der Waals surface area contributed by atoms with E-state index in [-0.39, 0.29) is 26.5 Å². The zero-order valence-corrected chi connectivity index (χ0v) is 13.1. The van der Waals surface area contributed by atoms with Gasteiger partial charge in [-0.2, -0.15) is 17.5 Å². The maximum absolute atomic E-state index is 12.4. The number of benzene rings is 1. The Bertz CT molecular complexity index is 620. The van der Waals surface area contributed by atoms with Crippen molar-refractivity contribution in [3.8, 4) is 0 Å². The van der Waals surface area contributed by atoms with E-state index in [9.17, 15) is 21.6 Å². The number of sulfonamides is 1. The zero-order chi connectivity index (χ0) is 16.4. The largest absolute Gasteiger partial charge is 0.402 e. The molecule has 0 aliphatic carbocycles. The van der Waals surface area contributed by atoms with Gasteiger partial charge in [0.25, 0.3) is 0 Å². The number of nitrogens with zero attached hydrogens (tertiary/aromatic N) is 1. The van der Waals surface area contributed by atoms with Gasteiger partial charge in [0.15, 0.2) is 0 Å². The standard InChI is InChI=1S/C11H12Cl2F3NO3S/c1-2-17(6-11(14,15)16)21(19,20)10-3-7(5-18)8(12)4-9(10)13/h3-4,18H,2,5-6H2,1H3. The van der Waals surface area contributed by atoms with Crippen LogP contribution >= 0.6 is 23.2 Å². The van der Waals surface area contributed by atoms with E-state index in [2.05, 4.69) is 0 Å². The minimum atomic E-state index is -4.68. The van der Waals surface area contributed by atoms with Crippen LogP contribution in [0.5, 0.6) is 0 Å². The average Bonchev–Trinajstić information content (AvgIpc) is 2.34. The fraction of sp³-hybridized carbons (Fsp3) is 0.455. The van der Waals surface area contributed by atoms with Crippen molar-refractivity contribution < 1.29 is 26.7 Å². The van der Waals surface area contributed by atoms with Gasteiger partial charge in [-0.3, -0.25) is 0 Å². The lowest BCUT2D eigenvalue weighted by molar-refractivity contribution is -0.135. The highest BCUT2D eigenvalue weighted by Gasteiger charge is 2.37. The van der Waals surface area contributed by atoms with E-state index in [0.29, 0.717) is 0 Å². The summed E-state index contributed by atoms with van der Waals surface area (Å²) in [5.41, 5.74) is 0.0581. The van der Waals surface area contributed by atoms with Gasteiger partial charge in [0.1, 0.15) is 11.4 Å². The Morgan fingerprint density at radius 3 is 2.24 bits per heavy atom. The molecule has 0 aromatic heterocycles. The van der Waals surface area contributed by atoms with E-state index in [1.807, 2.05) is 0 Å². The van der Waals surface area contributed by atoms with Gasteiger partial charge in [-0.05, 0) is 17.7 Å². The molecular weight excluding hydrogens is 354 g/mol. The van der Waals surface area contributed by atoms with Crippen molar-refractivity contribution in [1.82, 2.24) is 4.31 Å². The Morgan fingerprint density at radius 1 is 1.24 bits per heavy atom. The summed E-state index contributed by atoms with van der Waals surface area (Å²) < 4.78 is 62.1. The van der Waals surface area contributed by atoms with Crippen molar-refractivity contribution >= 4 is 33.2 Å². The molecule has 21 heavy (non-hydrogen) atoms.